The van der Waals surface area contributed by atoms with Crippen LogP contribution in [0.4, 0.5) is 4.39 Å². The summed E-state index contributed by atoms with van der Waals surface area (Å²) < 4.78 is 17.7. The monoisotopic (exact) mass is 233 g/mol. The molecule has 0 radical (unpaired) electrons. The number of nitrogens with two attached hydrogens (primary N) is 1. The average Bonchev–Trinajstić information content (AvgIpc) is 2.19. The minimum Gasteiger partial charge on any atom is -0.491 e. The number of hydrogen-bond donors (Lipinski definition) is 2. The van der Waals surface area contributed by atoms with E-state index in [-0.39, 0.29) is 17.4 Å². The number of halogens is 2. The van der Waals surface area contributed by atoms with Crippen molar-refractivity contribution in [2.45, 2.75) is 6.04 Å². The largest absolute Gasteiger partial charge is 0.491 e. The zero-order valence-corrected chi connectivity index (χ0v) is 8.37. The van der Waals surface area contributed by atoms with Crippen LogP contribution in [0.1, 0.15) is 0 Å². The van der Waals surface area contributed by atoms with Crippen molar-refractivity contribution in [3.8, 4) is 5.75 Å². The second-order valence-electron chi connectivity index (χ2n) is 2.83. The molecule has 15 heavy (non-hydrogen) atoms. The summed E-state index contributed by atoms with van der Waals surface area (Å²) in [7, 11) is 0. The molecule has 1 rings (SSSR count). The van der Waals surface area contributed by atoms with Gasteiger partial charge in [-0.15, -0.1) is 0 Å². The molecule has 0 amide bonds. The molecular formula is C9H9ClFNO3. The lowest BCUT2D eigenvalue weighted by Crippen LogP contribution is -2.36. The molecule has 0 unspecified atom stereocenters. The highest BCUT2D eigenvalue weighted by molar-refractivity contribution is 6.30. The van der Waals surface area contributed by atoms with E-state index >= 15 is 0 Å². The minimum atomic E-state index is -1.16. The second kappa shape index (κ2) is 4.95. The number of carboxylic acids is 1. The van der Waals surface area contributed by atoms with Crippen LogP contribution in [0.15, 0.2) is 18.2 Å². The van der Waals surface area contributed by atoms with Crippen molar-refractivity contribution in [3.05, 3.63) is 29.0 Å². The summed E-state index contributed by atoms with van der Waals surface area (Å²) in [6.07, 6.45) is 0. The van der Waals surface area contributed by atoms with E-state index in [9.17, 15) is 9.18 Å². The standard InChI is InChI=1S/C9H9ClFNO3/c10-6-3-5(1-2-7(6)11)15-4-8(12)9(13)14/h1-3,8H,4,12H2,(H,13,14)/t8-/m0/s1. The Morgan fingerprint density at radius 3 is 2.87 bits per heavy atom. The number of hydrogen-bond acceptors (Lipinski definition) is 3. The summed E-state index contributed by atoms with van der Waals surface area (Å²) in [5.41, 5.74) is 5.20. The fourth-order valence-corrected chi connectivity index (χ4v) is 0.994. The van der Waals surface area contributed by atoms with E-state index in [0.29, 0.717) is 0 Å². The molecule has 3 N–H and O–H groups in total. The fourth-order valence-electron chi connectivity index (χ4n) is 0.824. The number of ether oxygens (including phenoxy) is 1. The molecule has 0 bridgehead atoms. The van der Waals surface area contributed by atoms with E-state index in [0.717, 1.165) is 6.07 Å². The van der Waals surface area contributed by atoms with Gasteiger partial charge in [0.05, 0.1) is 5.02 Å². The molecule has 0 aliphatic carbocycles. The maximum Gasteiger partial charge on any atom is 0.324 e. The zero-order valence-electron chi connectivity index (χ0n) is 7.61. The Hall–Kier alpha value is -1.33. The van der Waals surface area contributed by atoms with Crippen molar-refractivity contribution < 1.29 is 19.0 Å². The maximum atomic E-state index is 12.7. The highest BCUT2D eigenvalue weighted by Crippen LogP contribution is 2.20. The summed E-state index contributed by atoms with van der Waals surface area (Å²) >= 11 is 5.49. The minimum absolute atomic E-state index is 0.0867. The molecule has 0 aliphatic heterocycles. The summed E-state index contributed by atoms with van der Waals surface area (Å²) in [5.74, 6) is -1.45. The third-order valence-electron chi connectivity index (χ3n) is 1.64. The normalized spacial score (nSPS) is 12.2. The van der Waals surface area contributed by atoms with Gasteiger partial charge in [-0.2, -0.15) is 0 Å². The van der Waals surface area contributed by atoms with Gasteiger partial charge in [0.2, 0.25) is 0 Å². The molecule has 0 spiro atoms. The van der Waals surface area contributed by atoms with Gasteiger partial charge in [0.15, 0.2) is 0 Å². The molecule has 0 saturated heterocycles. The molecule has 1 atom stereocenters. The smallest absolute Gasteiger partial charge is 0.324 e. The van der Waals surface area contributed by atoms with Gasteiger partial charge in [-0.1, -0.05) is 11.6 Å². The van der Waals surface area contributed by atoms with Gasteiger partial charge in [-0.3, -0.25) is 4.79 Å². The number of benzene rings is 1. The van der Waals surface area contributed by atoms with Crippen LogP contribution in [-0.4, -0.2) is 23.7 Å². The van der Waals surface area contributed by atoms with Crippen molar-refractivity contribution in [1.82, 2.24) is 0 Å². The summed E-state index contributed by atoms with van der Waals surface area (Å²) in [4.78, 5) is 10.4. The Bertz CT molecular complexity index is 372. The van der Waals surface area contributed by atoms with Crippen molar-refractivity contribution >= 4 is 17.6 Å². The third kappa shape index (κ3) is 3.38. The molecule has 0 saturated carbocycles. The molecule has 0 fully saturated rings. The summed E-state index contributed by atoms with van der Waals surface area (Å²) in [5, 5.41) is 8.38. The summed E-state index contributed by atoms with van der Waals surface area (Å²) in [6.45, 7) is -0.197. The third-order valence-corrected chi connectivity index (χ3v) is 1.93. The van der Waals surface area contributed by atoms with Crippen LogP contribution in [-0.2, 0) is 4.79 Å². The van der Waals surface area contributed by atoms with Crippen LogP contribution < -0.4 is 10.5 Å². The number of rotatable bonds is 4. The van der Waals surface area contributed by atoms with Crippen LogP contribution >= 0.6 is 11.6 Å². The van der Waals surface area contributed by atoms with E-state index in [2.05, 4.69) is 0 Å². The van der Waals surface area contributed by atoms with Crippen LogP contribution in [0.2, 0.25) is 5.02 Å². The van der Waals surface area contributed by atoms with E-state index in [1.807, 2.05) is 0 Å². The van der Waals surface area contributed by atoms with Crippen molar-refractivity contribution in [2.24, 2.45) is 5.73 Å². The highest BCUT2D eigenvalue weighted by atomic mass is 35.5. The Morgan fingerprint density at radius 1 is 1.67 bits per heavy atom. The molecule has 0 aliphatic rings. The van der Waals surface area contributed by atoms with E-state index in [1.54, 1.807) is 0 Å². The Balaban J connectivity index is 2.58. The van der Waals surface area contributed by atoms with Gasteiger partial charge in [0, 0.05) is 6.07 Å². The number of carbonyl (C=O) groups is 1. The van der Waals surface area contributed by atoms with Gasteiger partial charge in [-0.25, -0.2) is 4.39 Å². The van der Waals surface area contributed by atoms with Crippen LogP contribution in [0, 0.1) is 5.82 Å². The number of aliphatic carboxylic acids is 1. The second-order valence-corrected chi connectivity index (χ2v) is 3.24. The average molecular weight is 234 g/mol. The fraction of sp³-hybridized carbons (Fsp3) is 0.222. The van der Waals surface area contributed by atoms with Gasteiger partial charge >= 0.3 is 5.97 Å². The molecule has 1 aromatic rings. The molecular weight excluding hydrogens is 225 g/mol. The molecule has 0 heterocycles. The first-order valence-corrected chi connectivity index (χ1v) is 4.44. The Kier molecular flexibility index (Phi) is 3.88. The van der Waals surface area contributed by atoms with Crippen molar-refractivity contribution in [1.29, 1.82) is 0 Å². The topological polar surface area (TPSA) is 72.5 Å². The van der Waals surface area contributed by atoms with Crippen LogP contribution in [0.3, 0.4) is 0 Å². The van der Waals surface area contributed by atoms with Gasteiger partial charge < -0.3 is 15.6 Å². The van der Waals surface area contributed by atoms with E-state index in [4.69, 9.17) is 27.2 Å². The summed E-state index contributed by atoms with van der Waals surface area (Å²) in [6, 6.07) is 2.61. The molecule has 82 valence electrons. The van der Waals surface area contributed by atoms with Gasteiger partial charge in [0.25, 0.3) is 0 Å². The first kappa shape index (κ1) is 11.7. The Labute approximate surface area is 90.4 Å². The van der Waals surface area contributed by atoms with E-state index < -0.39 is 17.8 Å². The molecule has 6 heteroatoms. The van der Waals surface area contributed by atoms with E-state index in [1.165, 1.54) is 12.1 Å². The number of carboxylic acid groups (broad SMARTS) is 1. The predicted octanol–water partition coefficient (Wildman–Crippen LogP) is 1.27. The highest BCUT2D eigenvalue weighted by Gasteiger charge is 2.12. The first-order chi connectivity index (χ1) is 7.00. The lowest BCUT2D eigenvalue weighted by molar-refractivity contribution is -0.139. The van der Waals surface area contributed by atoms with Gasteiger partial charge in [-0.05, 0) is 12.1 Å². The lowest BCUT2D eigenvalue weighted by Gasteiger charge is -2.09. The lowest BCUT2D eigenvalue weighted by atomic mass is 10.3. The SMILES string of the molecule is N[C@@H](COc1ccc(F)c(Cl)c1)C(=O)O. The van der Waals surface area contributed by atoms with Crippen molar-refractivity contribution in [2.75, 3.05) is 6.61 Å². The van der Waals surface area contributed by atoms with Gasteiger partial charge in [0.1, 0.15) is 24.2 Å². The first-order valence-electron chi connectivity index (χ1n) is 4.07. The zero-order chi connectivity index (χ0) is 11.4. The Morgan fingerprint density at radius 2 is 2.33 bits per heavy atom. The van der Waals surface area contributed by atoms with Crippen molar-refractivity contribution in [3.63, 3.8) is 0 Å². The molecule has 1 aromatic carbocycles. The molecule has 0 aromatic heterocycles. The predicted molar refractivity (Wildman–Crippen MR) is 52.5 cm³/mol. The quantitative estimate of drug-likeness (QED) is 0.822. The van der Waals surface area contributed by atoms with Crippen LogP contribution in [0.5, 0.6) is 5.75 Å². The molecule has 4 nitrogen and oxygen atoms in total. The maximum absolute atomic E-state index is 12.7. The van der Waals surface area contributed by atoms with Crippen LogP contribution in [0.25, 0.3) is 0 Å².